The summed E-state index contributed by atoms with van der Waals surface area (Å²) >= 11 is 0. The highest BCUT2D eigenvalue weighted by Gasteiger charge is 2.34. The number of hydrogen-bond acceptors (Lipinski definition) is 5. The fourth-order valence-electron chi connectivity index (χ4n) is 3.15. The van der Waals surface area contributed by atoms with Crippen LogP contribution in [0.3, 0.4) is 0 Å². The molecule has 2 atom stereocenters. The number of aromatic nitrogens is 3. The second-order valence-corrected chi connectivity index (χ2v) is 6.31. The Kier molecular flexibility index (Phi) is 4.30. The third-order valence-corrected chi connectivity index (χ3v) is 4.48. The van der Waals surface area contributed by atoms with E-state index in [1.807, 2.05) is 16.9 Å². The van der Waals surface area contributed by atoms with Gasteiger partial charge in [0, 0.05) is 55.7 Å². The molecule has 1 fully saturated rings. The molecule has 1 aliphatic rings. The number of rotatable bonds is 4. The predicted molar refractivity (Wildman–Crippen MR) is 87.1 cm³/mol. The summed E-state index contributed by atoms with van der Waals surface area (Å²) in [6.45, 7) is 5.92. The van der Waals surface area contributed by atoms with Gasteiger partial charge in [0.2, 0.25) is 0 Å². The van der Waals surface area contributed by atoms with Crippen LogP contribution in [0.2, 0.25) is 0 Å². The maximum absolute atomic E-state index is 9.76. The van der Waals surface area contributed by atoms with Crippen LogP contribution < -0.4 is 4.90 Å². The highest BCUT2D eigenvalue weighted by molar-refractivity contribution is 5.50. The van der Waals surface area contributed by atoms with E-state index in [0.29, 0.717) is 11.7 Å². The van der Waals surface area contributed by atoms with E-state index in [2.05, 4.69) is 41.1 Å². The van der Waals surface area contributed by atoms with Gasteiger partial charge >= 0.3 is 0 Å². The van der Waals surface area contributed by atoms with Gasteiger partial charge in [0.15, 0.2) is 0 Å². The average molecular weight is 311 g/mol. The van der Waals surface area contributed by atoms with Crippen LogP contribution in [0.1, 0.15) is 37.1 Å². The average Bonchev–Trinajstić information content (AvgIpc) is 3.21. The largest absolute Gasteiger partial charge is 0.396 e. The van der Waals surface area contributed by atoms with Crippen LogP contribution in [0.5, 0.6) is 0 Å². The van der Waals surface area contributed by atoms with Gasteiger partial charge in [-0.25, -0.2) is 4.98 Å². The van der Waals surface area contributed by atoms with Crippen LogP contribution >= 0.6 is 0 Å². The summed E-state index contributed by atoms with van der Waals surface area (Å²) in [5.41, 5.74) is 2.56. The number of nitrogens with zero attached hydrogens (tertiary/aromatic N) is 5. The van der Waals surface area contributed by atoms with Crippen molar-refractivity contribution in [1.29, 1.82) is 5.26 Å². The Morgan fingerprint density at radius 2 is 2.26 bits per heavy atom. The highest BCUT2D eigenvalue weighted by atomic mass is 16.3. The molecule has 2 aromatic heterocycles. The van der Waals surface area contributed by atoms with Gasteiger partial charge in [-0.1, -0.05) is 0 Å². The second-order valence-electron chi connectivity index (χ2n) is 6.31. The maximum atomic E-state index is 9.76. The Morgan fingerprint density at radius 3 is 2.91 bits per heavy atom. The topological polar surface area (TPSA) is 78.0 Å². The number of aliphatic hydroxyl groups excluding tert-OH is 1. The van der Waals surface area contributed by atoms with Crippen molar-refractivity contribution in [2.45, 2.75) is 25.8 Å². The molecule has 1 aliphatic heterocycles. The summed E-state index contributed by atoms with van der Waals surface area (Å²) in [5.74, 6) is 0.407. The van der Waals surface area contributed by atoms with E-state index in [1.54, 1.807) is 12.3 Å². The number of aliphatic hydroxyl groups is 1. The Morgan fingerprint density at radius 1 is 1.43 bits per heavy atom. The Labute approximate surface area is 136 Å². The fraction of sp³-hybridized carbons (Fsp3) is 0.471. The lowest BCUT2D eigenvalue weighted by molar-refractivity contribution is 0.227. The van der Waals surface area contributed by atoms with E-state index in [-0.39, 0.29) is 18.4 Å². The van der Waals surface area contributed by atoms with Crippen molar-refractivity contribution in [3.8, 4) is 6.07 Å². The van der Waals surface area contributed by atoms with Crippen LogP contribution in [-0.2, 0) is 0 Å². The molecular weight excluding hydrogens is 290 g/mol. The van der Waals surface area contributed by atoms with Gasteiger partial charge in [0.1, 0.15) is 11.8 Å². The Balaban J connectivity index is 1.83. The first-order chi connectivity index (χ1) is 11.1. The van der Waals surface area contributed by atoms with Gasteiger partial charge in [-0.05, 0) is 31.5 Å². The van der Waals surface area contributed by atoms with Crippen LogP contribution in [0.15, 0.2) is 30.7 Å². The minimum absolute atomic E-state index is 0.143. The van der Waals surface area contributed by atoms with Gasteiger partial charge in [-0.15, -0.1) is 0 Å². The molecule has 6 nitrogen and oxygen atoms in total. The molecule has 0 aromatic carbocycles. The van der Waals surface area contributed by atoms with Gasteiger partial charge in [-0.3, -0.25) is 4.68 Å². The molecule has 3 rings (SSSR count). The van der Waals surface area contributed by atoms with Gasteiger partial charge in [0.25, 0.3) is 0 Å². The standard InChI is InChI=1S/C17H21N5O/c1-12(2)22-9-13(7-20-22)17-10-21(8-14(17)11-23)16-3-4-19-15(5-16)6-18/h3-5,7,9,12,14,17,23H,8,10-11H2,1-2H3/t14-,17-/m0/s1. The summed E-state index contributed by atoms with van der Waals surface area (Å²) in [4.78, 5) is 6.23. The zero-order chi connectivity index (χ0) is 16.4. The number of anilines is 1. The van der Waals surface area contributed by atoms with Gasteiger partial charge in [-0.2, -0.15) is 10.4 Å². The molecule has 6 heteroatoms. The molecule has 0 amide bonds. The first-order valence-corrected chi connectivity index (χ1v) is 7.88. The third kappa shape index (κ3) is 3.06. The van der Waals surface area contributed by atoms with Crippen molar-refractivity contribution in [2.24, 2.45) is 5.92 Å². The number of nitriles is 1. The van der Waals surface area contributed by atoms with Gasteiger partial charge in [0.05, 0.1) is 6.20 Å². The molecule has 120 valence electrons. The van der Waals surface area contributed by atoms with Gasteiger partial charge < -0.3 is 10.0 Å². The SMILES string of the molecule is CC(C)n1cc([C@@H]2CN(c3ccnc(C#N)c3)C[C@H]2CO)cn1. The van der Waals surface area contributed by atoms with Crippen molar-refractivity contribution < 1.29 is 5.11 Å². The fourth-order valence-corrected chi connectivity index (χ4v) is 3.15. The van der Waals surface area contributed by atoms with Crippen molar-refractivity contribution in [3.05, 3.63) is 42.0 Å². The normalized spacial score (nSPS) is 20.9. The van der Waals surface area contributed by atoms with Crippen molar-refractivity contribution >= 4 is 5.69 Å². The van der Waals surface area contributed by atoms with E-state index >= 15 is 0 Å². The van der Waals surface area contributed by atoms with Crippen LogP contribution in [0.25, 0.3) is 0 Å². The molecular formula is C17H21N5O. The molecule has 1 saturated heterocycles. The zero-order valence-electron chi connectivity index (χ0n) is 13.4. The minimum atomic E-state index is 0.143. The van der Waals surface area contributed by atoms with Crippen molar-refractivity contribution in [1.82, 2.24) is 14.8 Å². The lowest BCUT2D eigenvalue weighted by Crippen LogP contribution is -2.20. The van der Waals surface area contributed by atoms with E-state index < -0.39 is 0 Å². The number of pyridine rings is 1. The van der Waals surface area contributed by atoms with E-state index in [0.717, 1.165) is 24.3 Å². The first-order valence-electron chi connectivity index (χ1n) is 7.88. The van der Waals surface area contributed by atoms with E-state index in [4.69, 9.17) is 5.26 Å². The first kappa shape index (κ1) is 15.5. The van der Waals surface area contributed by atoms with E-state index in [1.165, 1.54) is 0 Å². The molecule has 0 unspecified atom stereocenters. The second kappa shape index (κ2) is 6.39. The molecule has 0 saturated carbocycles. The summed E-state index contributed by atoms with van der Waals surface area (Å²) in [6.07, 6.45) is 5.64. The van der Waals surface area contributed by atoms with Crippen LogP contribution in [0.4, 0.5) is 5.69 Å². The predicted octanol–water partition coefficient (Wildman–Crippen LogP) is 1.94. The maximum Gasteiger partial charge on any atom is 0.142 e. The summed E-state index contributed by atoms with van der Waals surface area (Å²) in [5, 5.41) is 23.2. The monoisotopic (exact) mass is 311 g/mol. The number of hydrogen-bond donors (Lipinski definition) is 1. The van der Waals surface area contributed by atoms with Crippen molar-refractivity contribution in [2.75, 3.05) is 24.6 Å². The molecule has 0 aliphatic carbocycles. The molecule has 2 aromatic rings. The zero-order valence-corrected chi connectivity index (χ0v) is 13.4. The summed E-state index contributed by atoms with van der Waals surface area (Å²) < 4.78 is 1.95. The highest BCUT2D eigenvalue weighted by Crippen LogP contribution is 2.35. The van der Waals surface area contributed by atoms with E-state index in [9.17, 15) is 5.11 Å². The minimum Gasteiger partial charge on any atom is -0.396 e. The van der Waals surface area contributed by atoms with Crippen LogP contribution in [-0.4, -0.2) is 39.6 Å². The van der Waals surface area contributed by atoms with Crippen molar-refractivity contribution in [3.63, 3.8) is 0 Å². The lowest BCUT2D eigenvalue weighted by Gasteiger charge is -2.18. The summed E-state index contributed by atoms with van der Waals surface area (Å²) in [6, 6.07) is 6.11. The molecule has 3 heterocycles. The third-order valence-electron chi connectivity index (χ3n) is 4.48. The Hall–Kier alpha value is -2.39. The smallest absolute Gasteiger partial charge is 0.142 e. The molecule has 1 N–H and O–H groups in total. The Bertz CT molecular complexity index is 718. The molecule has 0 radical (unpaired) electrons. The molecule has 0 spiro atoms. The molecule has 23 heavy (non-hydrogen) atoms. The summed E-state index contributed by atoms with van der Waals surface area (Å²) in [7, 11) is 0. The molecule has 0 bridgehead atoms. The van der Waals surface area contributed by atoms with Crippen LogP contribution in [0, 0.1) is 17.2 Å². The quantitative estimate of drug-likeness (QED) is 0.933. The lowest BCUT2D eigenvalue weighted by atomic mass is 9.92.